The fourth-order valence-electron chi connectivity index (χ4n) is 10.1. The van der Waals surface area contributed by atoms with E-state index >= 15 is 0 Å². The predicted octanol–water partition coefficient (Wildman–Crippen LogP) is 3.36. The van der Waals surface area contributed by atoms with Gasteiger partial charge in [-0.15, -0.1) is 5.10 Å². The average molecular weight is 1260 g/mol. The molecule has 444 valence electrons. The summed E-state index contributed by atoms with van der Waals surface area (Å²) in [5.74, 6) is -4.40. The molecule has 1 aliphatic heterocycles. The second kappa shape index (κ2) is 31.5. The van der Waals surface area contributed by atoms with Crippen molar-refractivity contribution in [1.82, 2.24) is 55.9 Å². The number of aromatic nitrogens is 3. The van der Waals surface area contributed by atoms with Crippen LogP contribution >= 0.6 is 31.9 Å². The maximum absolute atomic E-state index is 14.5. The molecular formula is C53H85Br2N11O12S. The lowest BCUT2D eigenvalue weighted by atomic mass is 9.89. The lowest BCUT2D eigenvalue weighted by Crippen LogP contribution is -2.59. The van der Waals surface area contributed by atoms with Gasteiger partial charge in [0, 0.05) is 57.9 Å². The number of carbonyl (C=O) groups is 7. The highest BCUT2D eigenvalue weighted by molar-refractivity contribution is 9.09. The Morgan fingerprint density at radius 3 is 2.05 bits per heavy atom. The number of likely N-dealkylation sites (tertiary alicyclic amines) is 1. The number of methoxy groups -OCH3 is 2. The molecule has 1 saturated heterocycles. The molecule has 5 N–H and O–H groups in total. The number of nitrogens with zero attached hydrogens (tertiary/aromatic N) is 6. The molecule has 1 saturated carbocycles. The van der Waals surface area contributed by atoms with E-state index in [4.69, 9.17) is 14.2 Å². The van der Waals surface area contributed by atoms with Crippen molar-refractivity contribution in [3.8, 4) is 5.75 Å². The summed E-state index contributed by atoms with van der Waals surface area (Å²) in [6.07, 6.45) is 1.36. The first-order chi connectivity index (χ1) is 37.3. The summed E-state index contributed by atoms with van der Waals surface area (Å²) in [5.41, 5.74) is 6.92. The zero-order valence-electron chi connectivity index (χ0n) is 47.9. The summed E-state index contributed by atoms with van der Waals surface area (Å²) in [4.78, 5) is 101. The zero-order chi connectivity index (χ0) is 58.9. The third-order valence-electron chi connectivity index (χ3n) is 14.8. The minimum atomic E-state index is -4.00. The molecule has 1 aromatic carbocycles. The molecule has 7 amide bonds. The van der Waals surface area contributed by atoms with Gasteiger partial charge in [-0.3, -0.25) is 54.0 Å². The van der Waals surface area contributed by atoms with Gasteiger partial charge in [0.05, 0.1) is 59.3 Å². The SMILES string of the molecule is CC[C@H](C)[C@@H]([C@@H](CC(=O)N1CCC[C@H]1[C@H](OC)[C@@H](C)C(=O)N[C@@H](Cc1ccc(OCC(=O)NNC(=O)CCCn2nnc(CBr)c2CBr)cc1)C(=O)NS(=O)(=O)C1CC1)OC)N(C)C(=O)[C@@H](NC(=O)[C@H](C(C)C)N(C)C)C(C)C. The molecule has 4 rings (SSSR count). The third kappa shape index (κ3) is 18.9. The molecule has 1 aliphatic carbocycles. The number of aryl methyl sites for hydroxylation is 1. The van der Waals surface area contributed by atoms with Crippen molar-refractivity contribution in [3.05, 3.63) is 41.2 Å². The Bertz CT molecular complexity index is 2470. The van der Waals surface area contributed by atoms with Gasteiger partial charge >= 0.3 is 0 Å². The van der Waals surface area contributed by atoms with Crippen LogP contribution in [0.5, 0.6) is 5.75 Å². The monoisotopic (exact) mass is 1260 g/mol. The standard InChI is InChI=1S/C53H85Br2N11O12S/c1-13-33(6)48(64(10)53(73)46(31(2)3)57-52(72)47(32(4)5)63(8)9)42(76-11)27-45(69)65-24-14-16-40(65)49(77-12)34(7)50(70)56-38(51(71)61-79(74,75)37-22-23-37)26-35-18-20-36(21-19-35)78-30-44(68)60-59-43(67)17-15-25-66-41(29-55)39(28-54)58-62-66/h18-21,31-34,37-38,40,42,46-49H,13-17,22-30H2,1-12H3,(H,56,70)(H,57,72)(H,59,67)(H,60,68)(H,61,71)/t33-,34+,38-,40-,42+,46-,47-,48-,49+/m0/s1. The van der Waals surface area contributed by atoms with Crippen molar-refractivity contribution >= 4 is 83.2 Å². The van der Waals surface area contributed by atoms with Gasteiger partial charge in [-0.25, -0.2) is 13.1 Å². The maximum atomic E-state index is 14.5. The molecule has 2 aliphatic rings. The van der Waals surface area contributed by atoms with Gasteiger partial charge < -0.3 is 34.6 Å². The van der Waals surface area contributed by atoms with Crippen LogP contribution in [0.1, 0.15) is 117 Å². The summed E-state index contributed by atoms with van der Waals surface area (Å²) >= 11 is 6.81. The molecule has 0 bridgehead atoms. The number of hydrazine groups is 1. The van der Waals surface area contributed by atoms with E-state index in [1.807, 2.05) is 60.5 Å². The second-order valence-electron chi connectivity index (χ2n) is 21.6. The van der Waals surface area contributed by atoms with E-state index in [1.54, 1.807) is 52.7 Å². The van der Waals surface area contributed by atoms with Gasteiger partial charge in [0.25, 0.3) is 11.8 Å². The van der Waals surface area contributed by atoms with Crippen molar-refractivity contribution in [2.75, 3.05) is 48.5 Å². The fourth-order valence-corrected chi connectivity index (χ4v) is 12.5. The zero-order valence-corrected chi connectivity index (χ0v) is 51.9. The number of sulfonamides is 1. The Morgan fingerprint density at radius 1 is 0.835 bits per heavy atom. The summed E-state index contributed by atoms with van der Waals surface area (Å²) < 4.78 is 47.5. The molecule has 2 heterocycles. The number of hydrogen-bond donors (Lipinski definition) is 5. The molecule has 2 aromatic rings. The highest BCUT2D eigenvalue weighted by Crippen LogP contribution is 2.31. The molecule has 26 heteroatoms. The number of halogens is 2. The van der Waals surface area contributed by atoms with Crippen molar-refractivity contribution in [1.29, 1.82) is 0 Å². The van der Waals surface area contributed by atoms with Crippen LogP contribution in [0.4, 0.5) is 0 Å². The first-order valence-electron chi connectivity index (χ1n) is 27.1. The van der Waals surface area contributed by atoms with Gasteiger partial charge in [0.2, 0.25) is 39.6 Å². The quantitative estimate of drug-likeness (QED) is 0.0519. The molecule has 0 spiro atoms. The van der Waals surface area contributed by atoms with E-state index in [-0.39, 0.29) is 60.5 Å². The Morgan fingerprint density at radius 2 is 1.49 bits per heavy atom. The normalized spacial score (nSPS) is 17.7. The average Bonchev–Trinajstić information content (AvgIpc) is 4.07. The highest BCUT2D eigenvalue weighted by atomic mass is 79.9. The Balaban J connectivity index is 1.41. The van der Waals surface area contributed by atoms with Gasteiger partial charge in [-0.2, -0.15) is 0 Å². The molecule has 1 aromatic heterocycles. The number of hydrogen-bond acceptors (Lipinski definition) is 15. The molecule has 0 radical (unpaired) electrons. The largest absolute Gasteiger partial charge is 0.484 e. The minimum Gasteiger partial charge on any atom is -0.484 e. The number of ether oxygens (including phenoxy) is 3. The highest BCUT2D eigenvalue weighted by Gasteiger charge is 2.44. The summed E-state index contributed by atoms with van der Waals surface area (Å²) in [5, 5.41) is 14.4. The van der Waals surface area contributed by atoms with E-state index < -0.39 is 93.8 Å². The molecule has 9 atom stereocenters. The van der Waals surface area contributed by atoms with Crippen molar-refractivity contribution in [2.24, 2.45) is 23.7 Å². The van der Waals surface area contributed by atoms with E-state index in [1.165, 1.54) is 14.2 Å². The number of carbonyl (C=O) groups excluding carboxylic acids is 7. The van der Waals surface area contributed by atoms with E-state index in [0.29, 0.717) is 67.8 Å². The molecule has 0 unspecified atom stereocenters. The van der Waals surface area contributed by atoms with Crippen LogP contribution in [0.15, 0.2) is 24.3 Å². The molecule has 79 heavy (non-hydrogen) atoms. The topological polar surface area (TPSA) is 282 Å². The van der Waals surface area contributed by atoms with Crippen LogP contribution in [0.3, 0.4) is 0 Å². The van der Waals surface area contributed by atoms with Crippen LogP contribution in [0.25, 0.3) is 0 Å². The number of benzene rings is 1. The second-order valence-corrected chi connectivity index (χ2v) is 24.6. The van der Waals surface area contributed by atoms with Crippen LogP contribution in [0.2, 0.25) is 0 Å². The van der Waals surface area contributed by atoms with E-state index in [0.717, 1.165) is 11.4 Å². The predicted molar refractivity (Wildman–Crippen MR) is 304 cm³/mol. The minimum absolute atomic E-state index is 0.00734. The Labute approximate surface area is 483 Å². The van der Waals surface area contributed by atoms with Gasteiger partial charge in [-0.1, -0.05) is 104 Å². The Hall–Kier alpha value is -4.76. The molecule has 2 fully saturated rings. The Kier molecular flexibility index (Phi) is 26.6. The van der Waals surface area contributed by atoms with Crippen LogP contribution in [-0.4, -0.2) is 176 Å². The third-order valence-corrected chi connectivity index (χ3v) is 17.7. The fraction of sp³-hybridized carbons (Fsp3) is 0.717. The summed E-state index contributed by atoms with van der Waals surface area (Å²) in [6.45, 7) is 13.7. The van der Waals surface area contributed by atoms with Crippen molar-refractivity contribution < 1.29 is 56.2 Å². The number of rotatable bonds is 32. The van der Waals surface area contributed by atoms with Gasteiger partial charge in [-0.05, 0) is 81.6 Å². The van der Waals surface area contributed by atoms with Crippen molar-refractivity contribution in [3.63, 3.8) is 0 Å². The van der Waals surface area contributed by atoms with Crippen LogP contribution < -0.4 is 30.9 Å². The lowest BCUT2D eigenvalue weighted by Gasteiger charge is -2.41. The number of likely N-dealkylation sites (N-methyl/N-ethyl adjacent to an activating group) is 2. The first-order valence-corrected chi connectivity index (χ1v) is 30.9. The lowest BCUT2D eigenvalue weighted by molar-refractivity contribution is -0.148. The maximum Gasteiger partial charge on any atom is 0.276 e. The van der Waals surface area contributed by atoms with Crippen LogP contribution in [0, 0.1) is 23.7 Å². The smallest absolute Gasteiger partial charge is 0.276 e. The van der Waals surface area contributed by atoms with Crippen LogP contribution in [-0.2, 0) is 76.7 Å². The number of nitrogens with one attached hydrogen (secondary N) is 5. The molecule has 23 nitrogen and oxygen atoms in total. The summed E-state index contributed by atoms with van der Waals surface area (Å²) in [6, 6.07) is 2.55. The van der Waals surface area contributed by atoms with Crippen molar-refractivity contribution in [2.45, 2.75) is 171 Å². The number of alkyl halides is 2. The summed E-state index contributed by atoms with van der Waals surface area (Å²) in [7, 11) is 4.28. The van der Waals surface area contributed by atoms with E-state index in [2.05, 4.69) is 68.4 Å². The van der Waals surface area contributed by atoms with Gasteiger partial charge in [0.1, 0.15) is 17.8 Å². The van der Waals surface area contributed by atoms with E-state index in [9.17, 15) is 42.0 Å². The number of amides is 7. The first kappa shape index (κ1) is 66.7. The molecular weight excluding hydrogens is 1170 g/mol. The van der Waals surface area contributed by atoms with Gasteiger partial charge in [0.15, 0.2) is 6.61 Å².